The predicted molar refractivity (Wildman–Crippen MR) is 151 cm³/mol. The molecule has 0 unspecified atom stereocenters. The fraction of sp³-hybridized carbons (Fsp3) is 0.241. The van der Waals surface area contributed by atoms with E-state index in [4.69, 9.17) is 28.6 Å². The minimum Gasteiger partial charge on any atom is -0.495 e. The first-order chi connectivity index (χ1) is 17.3. The van der Waals surface area contributed by atoms with Crippen LogP contribution in [0.1, 0.15) is 45.9 Å². The Hall–Kier alpha value is -3.35. The molecule has 7 heteroatoms. The number of halogens is 1. The highest BCUT2D eigenvalue weighted by Crippen LogP contribution is 2.45. The van der Waals surface area contributed by atoms with E-state index in [0.29, 0.717) is 15.9 Å². The number of anilines is 1. The van der Waals surface area contributed by atoms with Crippen LogP contribution in [0.25, 0.3) is 5.69 Å². The molecule has 5 nitrogen and oxygen atoms in total. The summed E-state index contributed by atoms with van der Waals surface area (Å²) >= 11 is 12.4. The van der Waals surface area contributed by atoms with Gasteiger partial charge >= 0.3 is 0 Å². The third-order valence-corrected chi connectivity index (χ3v) is 7.73. The fourth-order valence-electron chi connectivity index (χ4n) is 5.19. The Morgan fingerprint density at radius 3 is 2.50 bits per heavy atom. The number of thiocarbonyl (C=S) groups is 1. The van der Waals surface area contributed by atoms with Crippen molar-refractivity contribution in [2.24, 2.45) is 0 Å². The SMILES string of the molecule is COc1ccc(N2C(=S)N[C@@H](c3ccccn3)[C@H]2c2cc(C)n(-c3cccc(C)c3C)c2C)cc1Cl. The van der Waals surface area contributed by atoms with Crippen LogP contribution in [0.3, 0.4) is 0 Å². The van der Waals surface area contributed by atoms with Gasteiger partial charge in [0.15, 0.2) is 5.11 Å². The summed E-state index contributed by atoms with van der Waals surface area (Å²) < 4.78 is 7.73. The highest BCUT2D eigenvalue weighted by molar-refractivity contribution is 7.80. The molecule has 2 aromatic heterocycles. The molecule has 1 aliphatic rings. The number of hydrogen-bond donors (Lipinski definition) is 1. The summed E-state index contributed by atoms with van der Waals surface area (Å²) in [5, 5.41) is 4.72. The number of benzene rings is 2. The van der Waals surface area contributed by atoms with E-state index in [2.05, 4.69) is 71.7 Å². The summed E-state index contributed by atoms with van der Waals surface area (Å²) in [5.74, 6) is 0.629. The van der Waals surface area contributed by atoms with Crippen molar-refractivity contribution in [3.63, 3.8) is 0 Å². The number of nitrogens with zero attached hydrogens (tertiary/aromatic N) is 3. The van der Waals surface area contributed by atoms with Gasteiger partial charge < -0.3 is 19.5 Å². The molecule has 0 radical (unpaired) electrons. The first-order valence-electron chi connectivity index (χ1n) is 11.9. The van der Waals surface area contributed by atoms with Crippen molar-refractivity contribution in [2.75, 3.05) is 12.0 Å². The van der Waals surface area contributed by atoms with Crippen LogP contribution in [0.4, 0.5) is 5.69 Å². The molecule has 0 amide bonds. The van der Waals surface area contributed by atoms with Gasteiger partial charge in [-0.2, -0.15) is 0 Å². The molecule has 1 fully saturated rings. The average Bonchev–Trinajstić information content (AvgIpc) is 3.36. The van der Waals surface area contributed by atoms with Crippen molar-refractivity contribution < 1.29 is 4.74 Å². The Morgan fingerprint density at radius 2 is 1.81 bits per heavy atom. The fourth-order valence-corrected chi connectivity index (χ4v) is 5.79. The Morgan fingerprint density at radius 1 is 1.00 bits per heavy atom. The van der Waals surface area contributed by atoms with Crippen molar-refractivity contribution in [3.8, 4) is 11.4 Å². The molecule has 2 atom stereocenters. The largest absolute Gasteiger partial charge is 0.495 e. The zero-order valence-corrected chi connectivity index (χ0v) is 22.6. The van der Waals surface area contributed by atoms with E-state index in [1.165, 1.54) is 33.8 Å². The lowest BCUT2D eigenvalue weighted by Crippen LogP contribution is -2.29. The number of aryl methyl sites for hydroxylation is 2. The first kappa shape index (κ1) is 24.3. The van der Waals surface area contributed by atoms with E-state index >= 15 is 0 Å². The Kier molecular flexibility index (Phi) is 6.49. The Labute approximate surface area is 222 Å². The Balaban J connectivity index is 1.70. The molecule has 0 saturated carbocycles. The van der Waals surface area contributed by atoms with E-state index in [0.717, 1.165) is 11.4 Å². The summed E-state index contributed by atoms with van der Waals surface area (Å²) in [6.45, 7) is 8.67. The number of aromatic nitrogens is 2. The quantitative estimate of drug-likeness (QED) is 0.291. The molecule has 4 aromatic rings. The van der Waals surface area contributed by atoms with E-state index in [1.807, 2.05) is 42.6 Å². The van der Waals surface area contributed by atoms with Gasteiger partial charge in [-0.05, 0) is 99.1 Å². The molecule has 1 N–H and O–H groups in total. The van der Waals surface area contributed by atoms with Crippen LogP contribution in [0.2, 0.25) is 5.02 Å². The molecule has 36 heavy (non-hydrogen) atoms. The van der Waals surface area contributed by atoms with Gasteiger partial charge in [-0.25, -0.2) is 0 Å². The van der Waals surface area contributed by atoms with Gasteiger partial charge in [0.2, 0.25) is 0 Å². The predicted octanol–water partition coefficient (Wildman–Crippen LogP) is 6.95. The number of rotatable bonds is 5. The molecular formula is C29H29ClN4OS. The van der Waals surface area contributed by atoms with Crippen LogP contribution < -0.4 is 15.0 Å². The number of nitrogens with one attached hydrogen (secondary N) is 1. The van der Waals surface area contributed by atoms with E-state index in [-0.39, 0.29) is 12.1 Å². The lowest BCUT2D eigenvalue weighted by molar-refractivity contribution is 0.415. The highest BCUT2D eigenvalue weighted by atomic mass is 35.5. The number of hydrogen-bond acceptors (Lipinski definition) is 3. The van der Waals surface area contributed by atoms with Gasteiger partial charge in [-0.1, -0.05) is 29.8 Å². The lowest BCUT2D eigenvalue weighted by Gasteiger charge is -2.28. The van der Waals surface area contributed by atoms with Crippen LogP contribution in [0, 0.1) is 27.7 Å². The van der Waals surface area contributed by atoms with Gasteiger partial charge in [0, 0.05) is 29.0 Å². The number of ether oxygens (including phenoxy) is 1. The van der Waals surface area contributed by atoms with E-state index < -0.39 is 0 Å². The maximum Gasteiger partial charge on any atom is 0.174 e. The number of pyridine rings is 1. The van der Waals surface area contributed by atoms with Crippen molar-refractivity contribution in [2.45, 2.75) is 39.8 Å². The molecule has 5 rings (SSSR count). The Bertz CT molecular complexity index is 1450. The van der Waals surface area contributed by atoms with Crippen LogP contribution in [0.15, 0.2) is 66.9 Å². The van der Waals surface area contributed by atoms with Gasteiger partial charge in [0.1, 0.15) is 5.75 Å². The van der Waals surface area contributed by atoms with Gasteiger partial charge in [0.05, 0.1) is 29.9 Å². The monoisotopic (exact) mass is 516 g/mol. The molecule has 184 valence electrons. The van der Waals surface area contributed by atoms with Crippen molar-refractivity contribution in [1.82, 2.24) is 14.9 Å². The third kappa shape index (κ3) is 4.04. The molecule has 0 aliphatic carbocycles. The zero-order chi connectivity index (χ0) is 25.6. The maximum absolute atomic E-state index is 6.54. The molecule has 3 heterocycles. The molecule has 0 spiro atoms. The van der Waals surface area contributed by atoms with Crippen LogP contribution in [-0.2, 0) is 0 Å². The molecule has 1 saturated heterocycles. The van der Waals surface area contributed by atoms with Crippen LogP contribution in [0.5, 0.6) is 5.75 Å². The van der Waals surface area contributed by atoms with Crippen molar-refractivity contribution in [1.29, 1.82) is 0 Å². The molecule has 0 bridgehead atoms. The maximum atomic E-state index is 6.54. The first-order valence-corrected chi connectivity index (χ1v) is 12.7. The third-order valence-electron chi connectivity index (χ3n) is 7.12. The summed E-state index contributed by atoms with van der Waals surface area (Å²) in [4.78, 5) is 6.83. The van der Waals surface area contributed by atoms with Gasteiger partial charge in [-0.15, -0.1) is 0 Å². The molecule has 2 aromatic carbocycles. The van der Waals surface area contributed by atoms with Crippen molar-refractivity contribution in [3.05, 3.63) is 106 Å². The molecule has 1 aliphatic heterocycles. The second kappa shape index (κ2) is 9.60. The van der Waals surface area contributed by atoms with E-state index in [9.17, 15) is 0 Å². The summed E-state index contributed by atoms with van der Waals surface area (Å²) in [7, 11) is 1.62. The summed E-state index contributed by atoms with van der Waals surface area (Å²) in [6.07, 6.45) is 1.82. The van der Waals surface area contributed by atoms with Crippen LogP contribution in [-0.4, -0.2) is 21.8 Å². The zero-order valence-electron chi connectivity index (χ0n) is 21.0. The van der Waals surface area contributed by atoms with Crippen LogP contribution >= 0.6 is 23.8 Å². The minimum absolute atomic E-state index is 0.123. The van der Waals surface area contributed by atoms with Gasteiger partial charge in [-0.3, -0.25) is 4.98 Å². The lowest BCUT2D eigenvalue weighted by atomic mass is 9.96. The average molecular weight is 517 g/mol. The highest BCUT2D eigenvalue weighted by Gasteiger charge is 2.42. The minimum atomic E-state index is -0.132. The standard InChI is InChI=1S/C29H29ClN4OS/c1-17-9-8-11-25(19(17)3)33-18(2)15-22(20(33)4)28-27(24-10-6-7-14-31-24)32-29(36)34(28)21-12-13-26(35-5)23(30)16-21/h6-16,27-28H,1-5H3,(H,32,36)/t27-,28+/m0/s1. The topological polar surface area (TPSA) is 42.3 Å². The number of methoxy groups -OCH3 is 1. The van der Waals surface area contributed by atoms with Crippen molar-refractivity contribution >= 4 is 34.6 Å². The smallest absolute Gasteiger partial charge is 0.174 e. The summed E-state index contributed by atoms with van der Waals surface area (Å²) in [5.41, 5.74) is 9.09. The van der Waals surface area contributed by atoms with E-state index in [1.54, 1.807) is 7.11 Å². The normalized spacial score (nSPS) is 17.4. The second-order valence-corrected chi connectivity index (χ2v) is 9.99. The summed E-state index contributed by atoms with van der Waals surface area (Å²) in [6, 6.07) is 20.2. The molecular weight excluding hydrogens is 488 g/mol. The van der Waals surface area contributed by atoms with Gasteiger partial charge in [0.25, 0.3) is 0 Å². The second-order valence-electron chi connectivity index (χ2n) is 9.20.